The molecule has 2 unspecified atom stereocenters. The molecule has 3 aromatic rings. The molecule has 0 aliphatic carbocycles. The molecule has 0 heterocycles. The molecule has 0 fully saturated rings. The molecular formula is C24H24ClNO2. The van der Waals surface area contributed by atoms with Crippen LogP contribution in [0.15, 0.2) is 78.9 Å². The molecule has 4 heteroatoms. The van der Waals surface area contributed by atoms with Gasteiger partial charge < -0.3 is 10.5 Å². The van der Waals surface area contributed by atoms with Crippen molar-refractivity contribution in [2.24, 2.45) is 5.73 Å². The van der Waals surface area contributed by atoms with Crippen LogP contribution in [-0.4, -0.2) is 12.0 Å². The summed E-state index contributed by atoms with van der Waals surface area (Å²) in [5.41, 5.74) is 8.25. The molecule has 2 N–H and O–H groups in total. The molecule has 0 amide bonds. The lowest BCUT2D eigenvalue weighted by Gasteiger charge is -2.36. The van der Waals surface area contributed by atoms with E-state index in [9.17, 15) is 4.79 Å². The Morgan fingerprint density at radius 3 is 2.14 bits per heavy atom. The van der Waals surface area contributed by atoms with Crippen LogP contribution >= 0.6 is 11.6 Å². The van der Waals surface area contributed by atoms with Crippen LogP contribution in [0.2, 0.25) is 5.02 Å². The van der Waals surface area contributed by atoms with Gasteiger partial charge in [0.05, 0.1) is 0 Å². The van der Waals surface area contributed by atoms with Gasteiger partial charge in [-0.25, -0.2) is 0 Å². The predicted octanol–water partition coefficient (Wildman–Crippen LogP) is 5.22. The number of ether oxygens (including phenoxy) is 1. The van der Waals surface area contributed by atoms with E-state index in [4.69, 9.17) is 22.1 Å². The number of benzene rings is 3. The number of halogens is 1. The van der Waals surface area contributed by atoms with Gasteiger partial charge in [-0.3, -0.25) is 4.79 Å². The zero-order valence-corrected chi connectivity index (χ0v) is 16.8. The van der Waals surface area contributed by atoms with Gasteiger partial charge >= 0.3 is 5.97 Å². The molecule has 0 aromatic heterocycles. The molecule has 0 spiro atoms. The van der Waals surface area contributed by atoms with E-state index in [2.05, 4.69) is 0 Å². The summed E-state index contributed by atoms with van der Waals surface area (Å²) in [5, 5.41) is 0.518. The molecule has 0 radical (unpaired) electrons. The Kier molecular flexibility index (Phi) is 6.18. The Bertz CT molecular complexity index is 940. The van der Waals surface area contributed by atoms with Gasteiger partial charge in [0, 0.05) is 21.7 Å². The van der Waals surface area contributed by atoms with Gasteiger partial charge in [0.25, 0.3) is 0 Å². The molecular weight excluding hydrogens is 370 g/mol. The van der Waals surface area contributed by atoms with Crippen LogP contribution in [0.3, 0.4) is 0 Å². The van der Waals surface area contributed by atoms with Crippen molar-refractivity contribution in [3.63, 3.8) is 0 Å². The average molecular weight is 394 g/mol. The summed E-state index contributed by atoms with van der Waals surface area (Å²) in [6.45, 7) is 3.87. The van der Waals surface area contributed by atoms with Crippen LogP contribution in [0.25, 0.3) is 0 Å². The van der Waals surface area contributed by atoms with Gasteiger partial charge in [-0.15, -0.1) is 0 Å². The number of hydrogen-bond donors (Lipinski definition) is 1. The Hall–Kier alpha value is -2.62. The van der Waals surface area contributed by atoms with Crippen molar-refractivity contribution >= 4 is 17.6 Å². The maximum Gasteiger partial charge on any atom is 0.324 e. The number of carbonyl (C=O) groups is 1. The number of rotatable bonds is 6. The zero-order valence-electron chi connectivity index (χ0n) is 16.1. The van der Waals surface area contributed by atoms with Gasteiger partial charge in [-0.05, 0) is 19.4 Å². The molecule has 3 aromatic carbocycles. The second-order valence-electron chi connectivity index (χ2n) is 6.83. The van der Waals surface area contributed by atoms with Gasteiger partial charge in [-0.1, -0.05) is 96.9 Å². The van der Waals surface area contributed by atoms with Crippen molar-refractivity contribution in [1.29, 1.82) is 0 Å². The monoisotopic (exact) mass is 393 g/mol. The maximum absolute atomic E-state index is 12.9. The molecule has 0 saturated carbocycles. The predicted molar refractivity (Wildman–Crippen MR) is 113 cm³/mol. The summed E-state index contributed by atoms with van der Waals surface area (Å²) in [7, 11) is 0. The van der Waals surface area contributed by atoms with Gasteiger partial charge in [0.1, 0.15) is 6.04 Å². The van der Waals surface area contributed by atoms with Gasteiger partial charge in [0.2, 0.25) is 0 Å². The number of carbonyl (C=O) groups excluding carboxylic acids is 1. The first-order valence-corrected chi connectivity index (χ1v) is 9.73. The highest BCUT2D eigenvalue weighted by Gasteiger charge is 2.42. The van der Waals surface area contributed by atoms with Crippen molar-refractivity contribution in [3.05, 3.63) is 106 Å². The minimum absolute atomic E-state index is 0.466. The topological polar surface area (TPSA) is 52.3 Å². The Balaban J connectivity index is 2.33. The lowest BCUT2D eigenvalue weighted by atomic mass is 9.79. The third kappa shape index (κ3) is 3.82. The van der Waals surface area contributed by atoms with Gasteiger partial charge in [-0.2, -0.15) is 0 Å². The van der Waals surface area contributed by atoms with Crippen LogP contribution in [-0.2, 0) is 15.1 Å². The van der Waals surface area contributed by atoms with E-state index in [1.54, 1.807) is 6.07 Å². The molecule has 2 atom stereocenters. The lowest BCUT2D eigenvalue weighted by molar-refractivity contribution is -0.155. The molecule has 0 saturated heterocycles. The second-order valence-corrected chi connectivity index (χ2v) is 7.24. The molecule has 28 heavy (non-hydrogen) atoms. The van der Waals surface area contributed by atoms with Crippen LogP contribution in [0, 0.1) is 6.92 Å². The molecule has 3 nitrogen and oxygen atoms in total. The summed E-state index contributed by atoms with van der Waals surface area (Å²) in [6, 6.07) is 24.3. The van der Waals surface area contributed by atoms with E-state index in [0.29, 0.717) is 17.0 Å². The molecule has 0 bridgehead atoms. The molecule has 3 rings (SSSR count). The Morgan fingerprint density at radius 2 is 1.54 bits per heavy atom. The van der Waals surface area contributed by atoms with Crippen molar-refractivity contribution in [2.45, 2.75) is 31.9 Å². The Morgan fingerprint density at radius 1 is 0.964 bits per heavy atom. The third-order valence-electron chi connectivity index (χ3n) is 4.89. The molecule has 0 aliphatic rings. The first-order valence-electron chi connectivity index (χ1n) is 9.35. The highest BCUT2D eigenvalue weighted by atomic mass is 35.5. The smallest absolute Gasteiger partial charge is 0.324 e. The van der Waals surface area contributed by atoms with E-state index in [0.717, 1.165) is 16.7 Å². The fourth-order valence-corrected chi connectivity index (χ4v) is 3.52. The number of hydrogen-bond acceptors (Lipinski definition) is 3. The largest absolute Gasteiger partial charge is 0.443 e. The highest BCUT2D eigenvalue weighted by Crippen LogP contribution is 2.43. The number of nitrogens with two attached hydrogens (primary N) is 1. The SMILES string of the molecule is CCC(N)C(=O)OC(c1ccccc1)(c1ccc(C)cc1)c1ccccc1Cl. The summed E-state index contributed by atoms with van der Waals surface area (Å²) in [5.74, 6) is -0.466. The second kappa shape index (κ2) is 8.59. The van der Waals surface area contributed by atoms with E-state index in [1.807, 2.05) is 86.6 Å². The van der Waals surface area contributed by atoms with Crippen molar-refractivity contribution < 1.29 is 9.53 Å². The van der Waals surface area contributed by atoms with E-state index in [-0.39, 0.29) is 0 Å². The van der Waals surface area contributed by atoms with Crippen molar-refractivity contribution in [3.8, 4) is 0 Å². The average Bonchev–Trinajstić information content (AvgIpc) is 2.73. The van der Waals surface area contributed by atoms with Crippen LogP contribution in [0.1, 0.15) is 35.6 Å². The third-order valence-corrected chi connectivity index (χ3v) is 5.22. The highest BCUT2D eigenvalue weighted by molar-refractivity contribution is 6.31. The fraction of sp³-hybridized carbons (Fsp3) is 0.208. The quantitative estimate of drug-likeness (QED) is 0.461. The first-order chi connectivity index (χ1) is 13.5. The fourth-order valence-electron chi connectivity index (χ4n) is 3.25. The Labute approximate surface area is 171 Å². The van der Waals surface area contributed by atoms with Crippen molar-refractivity contribution in [1.82, 2.24) is 0 Å². The van der Waals surface area contributed by atoms with Crippen molar-refractivity contribution in [2.75, 3.05) is 0 Å². The van der Waals surface area contributed by atoms with E-state index < -0.39 is 17.6 Å². The minimum Gasteiger partial charge on any atom is -0.443 e. The van der Waals surface area contributed by atoms with Crippen LogP contribution < -0.4 is 5.73 Å². The standard InChI is InChI=1S/C24H24ClNO2/c1-3-22(26)23(27)28-24(18-9-5-4-6-10-18,19-15-13-17(2)14-16-19)20-11-7-8-12-21(20)25/h4-16,22H,3,26H2,1-2H3. The minimum atomic E-state index is -1.20. The summed E-state index contributed by atoms with van der Waals surface area (Å²) in [4.78, 5) is 12.9. The number of esters is 1. The lowest BCUT2D eigenvalue weighted by Crippen LogP contribution is -2.41. The molecule has 144 valence electrons. The molecule has 0 aliphatic heterocycles. The summed E-state index contributed by atoms with van der Waals surface area (Å²) >= 11 is 6.61. The van der Waals surface area contributed by atoms with E-state index >= 15 is 0 Å². The zero-order chi connectivity index (χ0) is 20.1. The summed E-state index contributed by atoms with van der Waals surface area (Å²) in [6.07, 6.45) is 0.486. The maximum atomic E-state index is 12.9. The number of aryl methyl sites for hydroxylation is 1. The summed E-state index contributed by atoms with van der Waals surface area (Å²) < 4.78 is 6.22. The van der Waals surface area contributed by atoms with E-state index in [1.165, 1.54) is 0 Å². The van der Waals surface area contributed by atoms with Gasteiger partial charge in [0.15, 0.2) is 5.60 Å². The normalized spacial score (nSPS) is 14.1. The first kappa shape index (κ1) is 20.1. The van der Waals surface area contributed by atoms with Crippen LogP contribution in [0.4, 0.5) is 0 Å². The van der Waals surface area contributed by atoms with Crippen LogP contribution in [0.5, 0.6) is 0 Å².